The van der Waals surface area contributed by atoms with E-state index in [9.17, 15) is 0 Å². The van der Waals surface area contributed by atoms with Gasteiger partial charge < -0.3 is 15.4 Å². The number of guanidine groups is 1. The van der Waals surface area contributed by atoms with E-state index in [0.29, 0.717) is 6.10 Å². The van der Waals surface area contributed by atoms with Gasteiger partial charge in [0.15, 0.2) is 5.96 Å². The number of unbranched alkanes of at least 4 members (excludes halogenated alkanes) is 2. The van der Waals surface area contributed by atoms with Crippen molar-refractivity contribution in [3.63, 3.8) is 0 Å². The van der Waals surface area contributed by atoms with Crippen LogP contribution >= 0.6 is 24.0 Å². The molecule has 0 heterocycles. The average molecular weight is 431 g/mol. The lowest BCUT2D eigenvalue weighted by atomic mass is 9.96. The highest BCUT2D eigenvalue weighted by Crippen LogP contribution is 2.27. The molecule has 1 saturated carbocycles. The van der Waals surface area contributed by atoms with Crippen LogP contribution in [0.3, 0.4) is 0 Å². The zero-order chi connectivity index (χ0) is 15.6. The molecule has 0 atom stereocenters. The number of rotatable bonds is 8. The minimum absolute atomic E-state index is 0. The van der Waals surface area contributed by atoms with Gasteiger partial charge in [0.1, 0.15) is 5.75 Å². The predicted octanol–water partition coefficient (Wildman–Crippen LogP) is 4.09. The Bertz CT molecular complexity index is 475. The fraction of sp³-hybridized carbons (Fsp3) is 0.611. The molecule has 0 spiro atoms. The molecular weight excluding hydrogens is 401 g/mol. The van der Waals surface area contributed by atoms with Crippen LogP contribution in [0.4, 0.5) is 0 Å². The normalized spacial score (nSPS) is 14.6. The molecule has 0 unspecified atom stereocenters. The Morgan fingerprint density at radius 1 is 1.22 bits per heavy atom. The van der Waals surface area contributed by atoms with Gasteiger partial charge in [-0.2, -0.15) is 0 Å². The SMILES string of the molecule is CCCCCNC(=NC)NCc1ccccc1OC1CCC1.I. The number of ether oxygens (including phenoxy) is 1. The first-order valence-electron chi connectivity index (χ1n) is 8.52. The highest BCUT2D eigenvalue weighted by molar-refractivity contribution is 14.0. The van der Waals surface area contributed by atoms with Gasteiger partial charge in [0, 0.05) is 25.7 Å². The first-order chi connectivity index (χ1) is 10.8. The molecule has 0 aliphatic heterocycles. The second-order valence-corrected chi connectivity index (χ2v) is 5.84. The third kappa shape index (κ3) is 6.97. The van der Waals surface area contributed by atoms with Gasteiger partial charge in [-0.25, -0.2) is 0 Å². The van der Waals surface area contributed by atoms with E-state index in [1.54, 1.807) is 0 Å². The molecule has 1 fully saturated rings. The van der Waals surface area contributed by atoms with Crippen LogP contribution in [0, 0.1) is 0 Å². The molecule has 4 nitrogen and oxygen atoms in total. The molecule has 5 heteroatoms. The summed E-state index contributed by atoms with van der Waals surface area (Å²) in [7, 11) is 1.81. The van der Waals surface area contributed by atoms with Crippen LogP contribution in [0.5, 0.6) is 5.75 Å². The van der Waals surface area contributed by atoms with E-state index in [0.717, 1.165) is 24.8 Å². The van der Waals surface area contributed by atoms with Gasteiger partial charge in [-0.05, 0) is 31.7 Å². The number of hydrogen-bond donors (Lipinski definition) is 2. The van der Waals surface area contributed by atoms with Gasteiger partial charge in [-0.15, -0.1) is 24.0 Å². The Morgan fingerprint density at radius 3 is 2.65 bits per heavy atom. The smallest absolute Gasteiger partial charge is 0.191 e. The maximum absolute atomic E-state index is 6.06. The third-order valence-corrected chi connectivity index (χ3v) is 4.06. The zero-order valence-corrected chi connectivity index (χ0v) is 16.6. The second-order valence-electron chi connectivity index (χ2n) is 5.84. The lowest BCUT2D eigenvalue weighted by molar-refractivity contribution is 0.119. The Morgan fingerprint density at radius 2 is 2.00 bits per heavy atom. The fourth-order valence-corrected chi connectivity index (χ4v) is 2.41. The van der Waals surface area contributed by atoms with Crippen LogP contribution in [0.1, 0.15) is 51.0 Å². The van der Waals surface area contributed by atoms with Crippen LogP contribution in [-0.2, 0) is 6.54 Å². The molecule has 23 heavy (non-hydrogen) atoms. The summed E-state index contributed by atoms with van der Waals surface area (Å²) in [4.78, 5) is 4.27. The highest BCUT2D eigenvalue weighted by atomic mass is 127. The summed E-state index contributed by atoms with van der Waals surface area (Å²) in [5, 5.41) is 6.73. The molecule has 130 valence electrons. The van der Waals surface area contributed by atoms with Crippen molar-refractivity contribution in [1.82, 2.24) is 10.6 Å². The second kappa shape index (κ2) is 11.5. The summed E-state index contributed by atoms with van der Waals surface area (Å²) < 4.78 is 6.06. The predicted molar refractivity (Wildman–Crippen MR) is 108 cm³/mol. The van der Waals surface area contributed by atoms with Gasteiger partial charge in [-0.1, -0.05) is 38.0 Å². The van der Waals surface area contributed by atoms with E-state index in [-0.39, 0.29) is 24.0 Å². The maximum Gasteiger partial charge on any atom is 0.191 e. The van der Waals surface area contributed by atoms with Crippen molar-refractivity contribution < 1.29 is 4.74 Å². The molecule has 0 amide bonds. The zero-order valence-electron chi connectivity index (χ0n) is 14.3. The monoisotopic (exact) mass is 431 g/mol. The molecule has 0 bridgehead atoms. The van der Waals surface area contributed by atoms with Crippen molar-refractivity contribution in [2.45, 2.75) is 58.1 Å². The molecule has 1 aromatic carbocycles. The van der Waals surface area contributed by atoms with Crippen molar-refractivity contribution in [1.29, 1.82) is 0 Å². The summed E-state index contributed by atoms with van der Waals surface area (Å²) in [6.07, 6.45) is 7.73. The highest BCUT2D eigenvalue weighted by Gasteiger charge is 2.20. The molecule has 1 aliphatic rings. The fourth-order valence-electron chi connectivity index (χ4n) is 2.41. The van der Waals surface area contributed by atoms with E-state index < -0.39 is 0 Å². The molecule has 0 radical (unpaired) electrons. The first-order valence-corrected chi connectivity index (χ1v) is 8.52. The van der Waals surface area contributed by atoms with E-state index in [1.165, 1.54) is 44.1 Å². The van der Waals surface area contributed by atoms with Gasteiger partial charge in [-0.3, -0.25) is 4.99 Å². The number of nitrogens with zero attached hydrogens (tertiary/aromatic N) is 1. The Hall–Kier alpha value is -0.980. The third-order valence-electron chi connectivity index (χ3n) is 4.06. The molecule has 1 aliphatic carbocycles. The number of para-hydroxylation sites is 1. The van der Waals surface area contributed by atoms with Crippen molar-refractivity contribution in [2.24, 2.45) is 4.99 Å². The van der Waals surface area contributed by atoms with Crippen LogP contribution in [0.25, 0.3) is 0 Å². The van der Waals surface area contributed by atoms with Crippen molar-refractivity contribution in [3.05, 3.63) is 29.8 Å². The lowest BCUT2D eigenvalue weighted by Gasteiger charge is -2.27. The largest absolute Gasteiger partial charge is 0.490 e. The van der Waals surface area contributed by atoms with E-state index >= 15 is 0 Å². The van der Waals surface area contributed by atoms with Crippen molar-refractivity contribution in [3.8, 4) is 5.75 Å². The van der Waals surface area contributed by atoms with Crippen LogP contribution in [0.15, 0.2) is 29.3 Å². The Balaban J connectivity index is 0.00000264. The minimum Gasteiger partial charge on any atom is -0.490 e. The summed E-state index contributed by atoms with van der Waals surface area (Å²) in [6.45, 7) is 3.91. The molecule has 1 aromatic rings. The minimum atomic E-state index is 0. The van der Waals surface area contributed by atoms with E-state index in [4.69, 9.17) is 4.74 Å². The van der Waals surface area contributed by atoms with Crippen LogP contribution in [0.2, 0.25) is 0 Å². The summed E-state index contributed by atoms with van der Waals surface area (Å²) in [5.74, 6) is 1.86. The van der Waals surface area contributed by atoms with Crippen molar-refractivity contribution in [2.75, 3.05) is 13.6 Å². The van der Waals surface area contributed by atoms with Crippen LogP contribution < -0.4 is 15.4 Å². The molecule has 2 rings (SSSR count). The number of nitrogens with one attached hydrogen (secondary N) is 2. The summed E-state index contributed by atoms with van der Waals surface area (Å²) in [6, 6.07) is 8.27. The standard InChI is InChI=1S/C18H29N3O.HI/c1-3-4-7-13-20-18(19-2)21-14-15-9-5-6-12-17(15)22-16-10-8-11-16;/h5-6,9,12,16H,3-4,7-8,10-11,13-14H2,1-2H3,(H2,19,20,21);1H. The van der Waals surface area contributed by atoms with Gasteiger partial charge in [0.25, 0.3) is 0 Å². The quantitative estimate of drug-likeness (QED) is 0.282. The number of halogens is 1. The lowest BCUT2D eigenvalue weighted by Crippen LogP contribution is -2.37. The van der Waals surface area contributed by atoms with Gasteiger partial charge >= 0.3 is 0 Å². The van der Waals surface area contributed by atoms with Crippen LogP contribution in [-0.4, -0.2) is 25.7 Å². The summed E-state index contributed by atoms with van der Waals surface area (Å²) >= 11 is 0. The van der Waals surface area contributed by atoms with Gasteiger partial charge in [0.05, 0.1) is 6.10 Å². The molecule has 0 aromatic heterocycles. The molecular formula is C18H30IN3O. The summed E-state index contributed by atoms with van der Waals surface area (Å²) in [5.41, 5.74) is 1.19. The average Bonchev–Trinajstić information content (AvgIpc) is 2.51. The van der Waals surface area contributed by atoms with Gasteiger partial charge in [0.2, 0.25) is 0 Å². The number of benzene rings is 1. The van der Waals surface area contributed by atoms with Crippen molar-refractivity contribution >= 4 is 29.9 Å². The number of aliphatic imine (C=N–C) groups is 1. The van der Waals surface area contributed by atoms with E-state index in [1.807, 2.05) is 13.1 Å². The maximum atomic E-state index is 6.06. The first kappa shape index (κ1) is 20.1. The van der Waals surface area contributed by atoms with E-state index in [2.05, 4.69) is 40.7 Å². The topological polar surface area (TPSA) is 45.7 Å². The molecule has 0 saturated heterocycles. The number of hydrogen-bond acceptors (Lipinski definition) is 2. The Kier molecular flexibility index (Phi) is 10.1. The molecule has 2 N–H and O–H groups in total. The Labute approximate surface area is 157 Å².